The van der Waals surface area contributed by atoms with Crippen molar-refractivity contribution in [3.8, 4) is 0 Å². The molecule has 0 aromatic heterocycles. The third kappa shape index (κ3) is 0.913. The lowest BCUT2D eigenvalue weighted by Gasteiger charge is -2.13. The van der Waals surface area contributed by atoms with E-state index in [0.29, 0.717) is 18.5 Å². The first kappa shape index (κ1) is 7.34. The molecule has 2 aliphatic heterocycles. The highest BCUT2D eigenvalue weighted by Crippen LogP contribution is 2.27. The largest absolute Gasteiger partial charge is 0.478 e. The maximum Gasteiger partial charge on any atom is 0.333 e. The number of carbonyl (C=O) groups is 2. The third-order valence-corrected chi connectivity index (χ3v) is 2.38. The summed E-state index contributed by atoms with van der Waals surface area (Å²) in [6.07, 6.45) is 3.02. The topological polar surface area (TPSA) is 57.6 Å². The summed E-state index contributed by atoms with van der Waals surface area (Å²) >= 11 is 0. The Morgan fingerprint density at radius 1 is 1.67 bits per heavy atom. The van der Waals surface area contributed by atoms with Gasteiger partial charge >= 0.3 is 5.97 Å². The number of rotatable bonds is 1. The number of carboxylic acids is 1. The van der Waals surface area contributed by atoms with Crippen LogP contribution >= 0.6 is 0 Å². The van der Waals surface area contributed by atoms with E-state index in [4.69, 9.17) is 5.11 Å². The van der Waals surface area contributed by atoms with E-state index in [1.807, 2.05) is 0 Å². The summed E-state index contributed by atoms with van der Waals surface area (Å²) in [7, 11) is 0. The van der Waals surface area contributed by atoms with Crippen LogP contribution in [0.25, 0.3) is 0 Å². The summed E-state index contributed by atoms with van der Waals surface area (Å²) in [5, 5.41) is 8.65. The molecule has 1 atom stereocenters. The summed E-state index contributed by atoms with van der Waals surface area (Å²) < 4.78 is 0. The zero-order chi connectivity index (χ0) is 8.72. The van der Waals surface area contributed by atoms with Gasteiger partial charge in [0.05, 0.1) is 18.2 Å². The number of carbonyl (C=O) groups excluding carboxylic acids is 1. The van der Waals surface area contributed by atoms with E-state index < -0.39 is 5.97 Å². The highest BCUT2D eigenvalue weighted by molar-refractivity contribution is 5.91. The molecule has 2 aliphatic rings. The van der Waals surface area contributed by atoms with E-state index in [2.05, 4.69) is 0 Å². The van der Waals surface area contributed by atoms with Crippen molar-refractivity contribution in [3.05, 3.63) is 11.6 Å². The number of fused-ring (bicyclic) bond motifs is 1. The van der Waals surface area contributed by atoms with Crippen molar-refractivity contribution in [2.45, 2.75) is 18.9 Å². The molecule has 1 amide bonds. The van der Waals surface area contributed by atoms with Gasteiger partial charge in [-0.3, -0.25) is 4.79 Å². The van der Waals surface area contributed by atoms with Crippen LogP contribution in [0.3, 0.4) is 0 Å². The van der Waals surface area contributed by atoms with Crippen LogP contribution in [0.2, 0.25) is 0 Å². The molecule has 0 spiro atoms. The highest BCUT2D eigenvalue weighted by atomic mass is 16.4. The molecule has 1 unspecified atom stereocenters. The SMILES string of the molecule is O=C(O)C1=CC2CCC(=O)N2C1. The molecular formula is C8H9NO3. The van der Waals surface area contributed by atoms with E-state index in [-0.39, 0.29) is 11.9 Å². The number of amides is 1. The molecule has 4 heteroatoms. The Hall–Kier alpha value is -1.32. The predicted molar refractivity (Wildman–Crippen MR) is 40.5 cm³/mol. The number of hydrogen-bond donors (Lipinski definition) is 1. The van der Waals surface area contributed by atoms with Crippen LogP contribution in [0.4, 0.5) is 0 Å². The normalized spacial score (nSPS) is 27.3. The first-order chi connectivity index (χ1) is 5.68. The fourth-order valence-electron chi connectivity index (χ4n) is 1.74. The second kappa shape index (κ2) is 2.33. The second-order valence-electron chi connectivity index (χ2n) is 3.12. The van der Waals surface area contributed by atoms with Crippen LogP contribution in [0.15, 0.2) is 11.6 Å². The number of carboxylic acid groups (broad SMARTS) is 1. The standard InChI is InChI=1S/C8H9NO3/c10-7-2-1-6-3-5(8(11)12)4-9(6)7/h3,6H,1-2,4H2,(H,11,12). The zero-order valence-electron chi connectivity index (χ0n) is 6.49. The summed E-state index contributed by atoms with van der Waals surface area (Å²) in [4.78, 5) is 23.3. The minimum absolute atomic E-state index is 0.0589. The molecule has 4 nitrogen and oxygen atoms in total. The first-order valence-electron chi connectivity index (χ1n) is 3.92. The van der Waals surface area contributed by atoms with Crippen molar-refractivity contribution in [1.29, 1.82) is 0 Å². The second-order valence-corrected chi connectivity index (χ2v) is 3.12. The molecule has 0 radical (unpaired) electrons. The van der Waals surface area contributed by atoms with Crippen LogP contribution in [0.5, 0.6) is 0 Å². The molecule has 0 aromatic rings. The highest BCUT2D eigenvalue weighted by Gasteiger charge is 2.36. The first-order valence-corrected chi connectivity index (χ1v) is 3.92. The Balaban J connectivity index is 2.19. The van der Waals surface area contributed by atoms with Gasteiger partial charge in [-0.25, -0.2) is 4.79 Å². The van der Waals surface area contributed by atoms with Crippen LogP contribution in [-0.4, -0.2) is 34.5 Å². The quantitative estimate of drug-likeness (QED) is 0.598. The van der Waals surface area contributed by atoms with E-state index in [9.17, 15) is 9.59 Å². The Morgan fingerprint density at radius 2 is 2.42 bits per heavy atom. The van der Waals surface area contributed by atoms with E-state index in [1.54, 1.807) is 11.0 Å². The fraction of sp³-hybridized carbons (Fsp3) is 0.500. The van der Waals surface area contributed by atoms with E-state index in [1.165, 1.54) is 0 Å². The smallest absolute Gasteiger partial charge is 0.333 e. The van der Waals surface area contributed by atoms with Gasteiger partial charge in [0.15, 0.2) is 0 Å². The van der Waals surface area contributed by atoms with Crippen LogP contribution in [0.1, 0.15) is 12.8 Å². The lowest BCUT2D eigenvalue weighted by molar-refractivity contribution is -0.133. The Labute approximate surface area is 69.5 Å². The summed E-state index contributed by atoms with van der Waals surface area (Å²) in [6.45, 7) is 0.291. The van der Waals surface area contributed by atoms with Gasteiger partial charge in [0.1, 0.15) is 0 Å². The minimum Gasteiger partial charge on any atom is -0.478 e. The molecule has 0 aliphatic carbocycles. The summed E-state index contributed by atoms with van der Waals surface area (Å²) in [5.41, 5.74) is 0.355. The fourth-order valence-corrected chi connectivity index (χ4v) is 1.74. The van der Waals surface area contributed by atoms with Gasteiger partial charge in [-0.1, -0.05) is 0 Å². The number of hydrogen-bond acceptors (Lipinski definition) is 2. The lowest BCUT2D eigenvalue weighted by atomic mass is 10.2. The molecule has 1 saturated heterocycles. The Morgan fingerprint density at radius 3 is 3.00 bits per heavy atom. The zero-order valence-corrected chi connectivity index (χ0v) is 6.49. The minimum atomic E-state index is -0.905. The van der Waals surface area contributed by atoms with Crippen molar-refractivity contribution < 1.29 is 14.7 Å². The maximum atomic E-state index is 11.1. The maximum absolute atomic E-state index is 11.1. The molecule has 64 valence electrons. The van der Waals surface area contributed by atoms with Gasteiger partial charge in [0.2, 0.25) is 5.91 Å². The summed E-state index contributed by atoms with van der Waals surface area (Å²) in [6, 6.07) is 0.0589. The monoisotopic (exact) mass is 167 g/mol. The summed E-state index contributed by atoms with van der Waals surface area (Å²) in [5.74, 6) is -0.829. The van der Waals surface area contributed by atoms with Crippen molar-refractivity contribution in [3.63, 3.8) is 0 Å². The van der Waals surface area contributed by atoms with Crippen molar-refractivity contribution in [1.82, 2.24) is 4.90 Å². The van der Waals surface area contributed by atoms with Gasteiger partial charge in [-0.05, 0) is 12.5 Å². The van der Waals surface area contributed by atoms with Crippen molar-refractivity contribution in [2.75, 3.05) is 6.54 Å². The Kier molecular flexibility index (Phi) is 1.43. The van der Waals surface area contributed by atoms with Gasteiger partial charge < -0.3 is 10.0 Å². The van der Waals surface area contributed by atoms with Crippen molar-refractivity contribution in [2.24, 2.45) is 0 Å². The lowest BCUT2D eigenvalue weighted by Crippen LogP contribution is -2.28. The van der Waals surface area contributed by atoms with E-state index >= 15 is 0 Å². The van der Waals surface area contributed by atoms with Crippen LogP contribution < -0.4 is 0 Å². The third-order valence-electron chi connectivity index (χ3n) is 2.38. The Bertz CT molecular complexity index is 282. The van der Waals surface area contributed by atoms with E-state index in [0.717, 1.165) is 6.42 Å². The van der Waals surface area contributed by atoms with Gasteiger partial charge in [0.25, 0.3) is 0 Å². The molecule has 2 heterocycles. The molecule has 1 fully saturated rings. The van der Waals surface area contributed by atoms with Gasteiger partial charge in [-0.2, -0.15) is 0 Å². The molecule has 1 N–H and O–H groups in total. The van der Waals surface area contributed by atoms with Gasteiger partial charge in [-0.15, -0.1) is 0 Å². The average molecular weight is 167 g/mol. The van der Waals surface area contributed by atoms with Crippen LogP contribution in [-0.2, 0) is 9.59 Å². The number of nitrogens with zero attached hydrogens (tertiary/aromatic N) is 1. The average Bonchev–Trinajstić information content (AvgIpc) is 2.53. The molecular weight excluding hydrogens is 158 g/mol. The van der Waals surface area contributed by atoms with Gasteiger partial charge in [0, 0.05) is 6.42 Å². The molecule has 12 heavy (non-hydrogen) atoms. The molecule has 0 saturated carbocycles. The number of aliphatic carboxylic acids is 1. The van der Waals surface area contributed by atoms with Crippen molar-refractivity contribution >= 4 is 11.9 Å². The predicted octanol–water partition coefficient (Wildman–Crippen LogP) is 0.00200. The van der Waals surface area contributed by atoms with Crippen LogP contribution in [0, 0.1) is 0 Å². The molecule has 0 bridgehead atoms. The molecule has 0 aromatic carbocycles. The molecule has 2 rings (SSSR count).